The molecule has 0 saturated heterocycles. The van der Waals surface area contributed by atoms with Crippen LogP contribution in [0.15, 0.2) is 78.9 Å². The number of benzene rings is 3. The average Bonchev–Trinajstić information content (AvgIpc) is 2.90. The maximum Gasteiger partial charge on any atom is 0.244 e. The zero-order valence-electron chi connectivity index (χ0n) is 22.2. The topological polar surface area (TPSA) is 86.8 Å². The molecule has 0 spiro atoms. The van der Waals surface area contributed by atoms with Gasteiger partial charge in [-0.1, -0.05) is 84.7 Å². The van der Waals surface area contributed by atoms with Gasteiger partial charge in [0.2, 0.25) is 21.8 Å². The zero-order chi connectivity index (χ0) is 28.6. The maximum atomic E-state index is 14.0. The second kappa shape index (κ2) is 13.8. The number of carbonyl (C=O) groups excluding carboxylic acids is 2. The molecule has 2 amide bonds. The van der Waals surface area contributed by atoms with Crippen molar-refractivity contribution in [2.75, 3.05) is 17.1 Å². The molecule has 0 aromatic heterocycles. The second-order valence-electron chi connectivity index (χ2n) is 9.39. The SMILES string of the molecule is CC[C@H](C)NC(=O)[C@H](Cc1ccccc1)N(Cc1ccc(Cl)cc1Cl)C(=O)CN(c1ccccc1)S(C)(=O)=O. The van der Waals surface area contributed by atoms with Crippen molar-refractivity contribution in [1.82, 2.24) is 10.2 Å². The van der Waals surface area contributed by atoms with Crippen molar-refractivity contribution in [3.63, 3.8) is 0 Å². The summed E-state index contributed by atoms with van der Waals surface area (Å²) < 4.78 is 26.6. The molecule has 0 fully saturated rings. The number of nitrogens with one attached hydrogen (secondary N) is 1. The highest BCUT2D eigenvalue weighted by molar-refractivity contribution is 7.92. The maximum absolute atomic E-state index is 14.0. The number of carbonyl (C=O) groups is 2. The average molecular weight is 591 g/mol. The van der Waals surface area contributed by atoms with Gasteiger partial charge in [-0.3, -0.25) is 13.9 Å². The van der Waals surface area contributed by atoms with E-state index in [-0.39, 0.29) is 24.9 Å². The minimum Gasteiger partial charge on any atom is -0.352 e. The van der Waals surface area contributed by atoms with Gasteiger partial charge in [0.1, 0.15) is 12.6 Å². The van der Waals surface area contributed by atoms with E-state index in [2.05, 4.69) is 5.32 Å². The summed E-state index contributed by atoms with van der Waals surface area (Å²) in [5.74, 6) is -0.882. The predicted octanol–water partition coefficient (Wildman–Crippen LogP) is 5.31. The van der Waals surface area contributed by atoms with Crippen molar-refractivity contribution in [1.29, 1.82) is 0 Å². The van der Waals surface area contributed by atoms with Gasteiger partial charge in [0.15, 0.2) is 0 Å². The van der Waals surface area contributed by atoms with Gasteiger partial charge < -0.3 is 10.2 Å². The lowest BCUT2D eigenvalue weighted by atomic mass is 10.0. The van der Waals surface area contributed by atoms with Crippen LogP contribution in [0.4, 0.5) is 5.69 Å². The van der Waals surface area contributed by atoms with Crippen LogP contribution in [-0.4, -0.2) is 50.0 Å². The van der Waals surface area contributed by atoms with Crippen LogP contribution in [0, 0.1) is 0 Å². The van der Waals surface area contributed by atoms with Crippen LogP contribution < -0.4 is 9.62 Å². The number of anilines is 1. The Morgan fingerprint density at radius 2 is 1.56 bits per heavy atom. The molecule has 0 aliphatic heterocycles. The van der Waals surface area contributed by atoms with Crippen molar-refractivity contribution in [3.05, 3.63) is 100 Å². The summed E-state index contributed by atoms with van der Waals surface area (Å²) in [5, 5.41) is 3.76. The molecule has 0 aliphatic carbocycles. The van der Waals surface area contributed by atoms with E-state index < -0.39 is 28.5 Å². The predicted molar refractivity (Wildman–Crippen MR) is 157 cm³/mol. The standard InChI is InChI=1S/C29H33Cl2N3O4S/c1-4-21(2)32-29(36)27(17-22-11-7-5-8-12-22)33(19-23-15-16-24(30)18-26(23)31)28(35)20-34(39(3,37)38)25-13-9-6-10-14-25/h5-16,18,21,27H,4,17,19-20H2,1-3H3,(H,32,36)/t21-,27-/m0/s1. The third-order valence-electron chi connectivity index (χ3n) is 6.35. The molecule has 0 heterocycles. The second-order valence-corrected chi connectivity index (χ2v) is 12.1. The Labute approximate surface area is 240 Å². The summed E-state index contributed by atoms with van der Waals surface area (Å²) in [7, 11) is -3.82. The van der Waals surface area contributed by atoms with Crippen LogP contribution in [0.1, 0.15) is 31.4 Å². The number of amides is 2. The minimum absolute atomic E-state index is 0.0212. The molecule has 3 aromatic rings. The zero-order valence-corrected chi connectivity index (χ0v) is 24.5. The van der Waals surface area contributed by atoms with E-state index in [1.807, 2.05) is 44.2 Å². The lowest BCUT2D eigenvalue weighted by Crippen LogP contribution is -2.54. The highest BCUT2D eigenvalue weighted by Gasteiger charge is 2.33. The number of sulfonamides is 1. The van der Waals surface area contributed by atoms with Gasteiger partial charge in [-0.25, -0.2) is 8.42 Å². The highest BCUT2D eigenvalue weighted by atomic mass is 35.5. The minimum atomic E-state index is -3.82. The van der Waals surface area contributed by atoms with Gasteiger partial charge in [0, 0.05) is 29.1 Å². The van der Waals surface area contributed by atoms with Crippen LogP contribution in [-0.2, 0) is 32.6 Å². The Morgan fingerprint density at radius 3 is 2.13 bits per heavy atom. The number of halogens is 2. The Morgan fingerprint density at radius 1 is 0.949 bits per heavy atom. The van der Waals surface area contributed by atoms with Gasteiger partial charge in [0.25, 0.3) is 0 Å². The summed E-state index contributed by atoms with van der Waals surface area (Å²) in [5.41, 5.74) is 1.78. The number of hydrogen-bond acceptors (Lipinski definition) is 4. The molecule has 0 saturated carbocycles. The summed E-state index contributed by atoms with van der Waals surface area (Å²) in [6, 6.07) is 21.6. The van der Waals surface area contributed by atoms with Crippen LogP contribution in [0.25, 0.3) is 0 Å². The van der Waals surface area contributed by atoms with Crippen LogP contribution in [0.5, 0.6) is 0 Å². The molecule has 10 heteroatoms. The first kappa shape index (κ1) is 30.5. The van der Waals surface area contributed by atoms with Gasteiger partial charge in [-0.2, -0.15) is 0 Å². The summed E-state index contributed by atoms with van der Waals surface area (Å²) >= 11 is 12.6. The Bertz CT molecular complexity index is 1370. The fraction of sp³-hybridized carbons (Fsp3) is 0.310. The molecule has 3 aromatic carbocycles. The number of hydrogen-bond donors (Lipinski definition) is 1. The molecular weight excluding hydrogens is 557 g/mol. The fourth-order valence-corrected chi connectivity index (χ4v) is 5.35. The quantitative estimate of drug-likeness (QED) is 0.310. The summed E-state index contributed by atoms with van der Waals surface area (Å²) in [4.78, 5) is 29.1. The molecule has 3 rings (SSSR count). The third-order valence-corrected chi connectivity index (χ3v) is 8.08. The van der Waals surface area contributed by atoms with E-state index in [9.17, 15) is 18.0 Å². The van der Waals surface area contributed by atoms with Gasteiger partial charge in [0.05, 0.1) is 11.9 Å². The van der Waals surface area contributed by atoms with E-state index >= 15 is 0 Å². The molecule has 7 nitrogen and oxygen atoms in total. The largest absolute Gasteiger partial charge is 0.352 e. The lowest BCUT2D eigenvalue weighted by Gasteiger charge is -2.34. The van der Waals surface area contributed by atoms with Crippen molar-refractivity contribution in [2.45, 2.75) is 45.3 Å². The fourth-order valence-electron chi connectivity index (χ4n) is 4.04. The van der Waals surface area contributed by atoms with Gasteiger partial charge in [-0.15, -0.1) is 0 Å². The normalized spacial score (nSPS) is 12.8. The first-order chi connectivity index (χ1) is 18.5. The Balaban J connectivity index is 2.07. The molecular formula is C29H33Cl2N3O4S. The van der Waals surface area contributed by atoms with E-state index in [0.29, 0.717) is 27.7 Å². The number of rotatable bonds is 12. The lowest BCUT2D eigenvalue weighted by molar-refractivity contribution is -0.140. The number of nitrogens with zero attached hydrogens (tertiary/aromatic N) is 2. The molecule has 39 heavy (non-hydrogen) atoms. The third kappa shape index (κ3) is 8.71. The first-order valence-corrected chi connectivity index (χ1v) is 15.2. The van der Waals surface area contributed by atoms with E-state index in [0.717, 1.165) is 16.1 Å². The highest BCUT2D eigenvalue weighted by Crippen LogP contribution is 2.25. The van der Waals surface area contributed by atoms with Crippen molar-refractivity contribution in [2.24, 2.45) is 0 Å². The van der Waals surface area contributed by atoms with Gasteiger partial charge in [-0.05, 0) is 48.7 Å². The smallest absolute Gasteiger partial charge is 0.244 e. The van der Waals surface area contributed by atoms with Crippen molar-refractivity contribution in [3.8, 4) is 0 Å². The molecule has 208 valence electrons. The Hall–Kier alpha value is -3.07. The van der Waals surface area contributed by atoms with E-state index in [1.54, 1.807) is 48.5 Å². The monoisotopic (exact) mass is 589 g/mol. The van der Waals surface area contributed by atoms with Crippen molar-refractivity contribution >= 4 is 50.7 Å². The molecule has 1 N–H and O–H groups in total. The van der Waals surface area contributed by atoms with E-state index in [4.69, 9.17) is 23.2 Å². The van der Waals surface area contributed by atoms with Crippen LogP contribution in [0.2, 0.25) is 10.0 Å². The molecule has 0 bridgehead atoms. The number of para-hydroxylation sites is 1. The molecule has 0 radical (unpaired) electrons. The van der Waals surface area contributed by atoms with Crippen LogP contribution >= 0.6 is 23.2 Å². The Kier molecular flexibility index (Phi) is 10.8. The first-order valence-electron chi connectivity index (χ1n) is 12.6. The molecule has 0 unspecified atom stereocenters. The summed E-state index contributed by atoms with van der Waals surface area (Å²) in [6.45, 7) is 3.33. The molecule has 0 aliphatic rings. The summed E-state index contributed by atoms with van der Waals surface area (Å²) in [6.07, 6.45) is 1.98. The van der Waals surface area contributed by atoms with Crippen molar-refractivity contribution < 1.29 is 18.0 Å². The van der Waals surface area contributed by atoms with E-state index in [1.165, 1.54) is 4.90 Å². The molecule has 2 atom stereocenters. The van der Waals surface area contributed by atoms with Crippen LogP contribution in [0.3, 0.4) is 0 Å². The van der Waals surface area contributed by atoms with Gasteiger partial charge >= 0.3 is 0 Å².